The lowest BCUT2D eigenvalue weighted by molar-refractivity contribution is 1.23. The summed E-state index contributed by atoms with van der Waals surface area (Å²) < 4.78 is 0.844. The van der Waals surface area contributed by atoms with Crippen molar-refractivity contribution in [1.29, 1.82) is 0 Å². The van der Waals surface area contributed by atoms with Crippen molar-refractivity contribution in [3.8, 4) is 0 Å². The van der Waals surface area contributed by atoms with E-state index in [4.69, 9.17) is 5.73 Å². The lowest BCUT2D eigenvalue weighted by Gasteiger charge is -1.91. The smallest absolute Gasteiger partial charge is 0.106 e. The van der Waals surface area contributed by atoms with E-state index in [1.54, 1.807) is 0 Å². The molecule has 2 nitrogen and oxygen atoms in total. The van der Waals surface area contributed by atoms with Crippen molar-refractivity contribution in [2.24, 2.45) is 5.73 Å². The number of pyridine rings is 1. The molecule has 1 heterocycles. The fourth-order valence-corrected chi connectivity index (χ4v) is 1.06. The Kier molecular flexibility index (Phi) is 3.26. The first-order valence-electron chi connectivity index (χ1n) is 3.32. The van der Waals surface area contributed by atoms with Gasteiger partial charge >= 0.3 is 0 Å². The van der Waals surface area contributed by atoms with Crippen LogP contribution in [0.3, 0.4) is 0 Å². The zero-order valence-electron chi connectivity index (χ0n) is 6.00. The molecule has 0 unspecified atom stereocenters. The van der Waals surface area contributed by atoms with Gasteiger partial charge in [0.1, 0.15) is 4.60 Å². The summed E-state index contributed by atoms with van der Waals surface area (Å²) in [6.07, 6.45) is 3.76. The maximum absolute atomic E-state index is 5.29. The van der Waals surface area contributed by atoms with Crippen molar-refractivity contribution in [2.45, 2.75) is 0 Å². The number of rotatable bonds is 2. The topological polar surface area (TPSA) is 38.9 Å². The molecule has 0 spiro atoms. The van der Waals surface area contributed by atoms with Gasteiger partial charge in [-0.3, -0.25) is 0 Å². The molecule has 0 fully saturated rings. The minimum atomic E-state index is 0.550. The predicted octanol–water partition coefficient (Wildman–Crippen LogP) is 1.82. The molecule has 0 radical (unpaired) electrons. The molecule has 0 bridgehead atoms. The first-order valence-corrected chi connectivity index (χ1v) is 4.11. The number of nitrogens with two attached hydrogens (primary N) is 1. The third-order valence-corrected chi connectivity index (χ3v) is 1.60. The van der Waals surface area contributed by atoms with Crippen molar-refractivity contribution < 1.29 is 0 Å². The van der Waals surface area contributed by atoms with Gasteiger partial charge in [-0.05, 0) is 34.1 Å². The highest BCUT2D eigenvalue weighted by Gasteiger charge is 1.87. The second kappa shape index (κ2) is 4.26. The molecule has 0 aromatic carbocycles. The molecule has 0 saturated carbocycles. The molecule has 0 atom stereocenters. The Balaban J connectivity index is 2.79. The lowest BCUT2D eigenvalue weighted by atomic mass is 10.3. The third kappa shape index (κ3) is 2.82. The van der Waals surface area contributed by atoms with E-state index in [2.05, 4.69) is 20.9 Å². The van der Waals surface area contributed by atoms with Crippen LogP contribution in [0.25, 0.3) is 6.08 Å². The van der Waals surface area contributed by atoms with Crippen LogP contribution in [0.1, 0.15) is 5.69 Å². The van der Waals surface area contributed by atoms with Crippen LogP contribution >= 0.6 is 15.9 Å². The summed E-state index contributed by atoms with van der Waals surface area (Å²) in [4.78, 5) is 4.18. The van der Waals surface area contributed by atoms with Gasteiger partial charge in [-0.25, -0.2) is 4.98 Å². The molecule has 1 aromatic rings. The van der Waals surface area contributed by atoms with Gasteiger partial charge in [0.05, 0.1) is 5.69 Å². The molecular weight excluding hydrogens is 204 g/mol. The highest BCUT2D eigenvalue weighted by Crippen LogP contribution is 2.06. The van der Waals surface area contributed by atoms with Crippen LogP contribution in [0.5, 0.6) is 0 Å². The number of nitrogens with zero attached hydrogens (tertiary/aromatic N) is 1. The average Bonchev–Trinajstić information content (AvgIpc) is 2.01. The summed E-state index contributed by atoms with van der Waals surface area (Å²) in [5.74, 6) is 0. The normalized spacial score (nSPS) is 10.7. The second-order valence-electron chi connectivity index (χ2n) is 2.02. The van der Waals surface area contributed by atoms with Crippen molar-refractivity contribution >= 4 is 22.0 Å². The Bertz CT molecular complexity index is 258. The largest absolute Gasteiger partial charge is 0.327 e. The van der Waals surface area contributed by atoms with Crippen molar-refractivity contribution in [3.63, 3.8) is 0 Å². The second-order valence-corrected chi connectivity index (χ2v) is 2.84. The van der Waals surface area contributed by atoms with E-state index in [-0.39, 0.29) is 0 Å². The number of hydrogen-bond acceptors (Lipinski definition) is 2. The molecular formula is C8H9BrN2. The average molecular weight is 213 g/mol. The highest BCUT2D eigenvalue weighted by molar-refractivity contribution is 9.10. The molecule has 0 saturated heterocycles. The van der Waals surface area contributed by atoms with Crippen LogP contribution in [0, 0.1) is 0 Å². The van der Waals surface area contributed by atoms with Gasteiger partial charge in [0.15, 0.2) is 0 Å². The first kappa shape index (κ1) is 8.43. The van der Waals surface area contributed by atoms with Gasteiger partial charge in [0.25, 0.3) is 0 Å². The molecule has 1 rings (SSSR count). The van der Waals surface area contributed by atoms with Crippen LogP contribution in [0.15, 0.2) is 28.9 Å². The van der Waals surface area contributed by atoms with E-state index >= 15 is 0 Å². The van der Waals surface area contributed by atoms with E-state index in [1.807, 2.05) is 30.4 Å². The molecule has 11 heavy (non-hydrogen) atoms. The van der Waals surface area contributed by atoms with Crippen LogP contribution in [0.4, 0.5) is 0 Å². The standard InChI is InChI=1S/C8H9BrN2/c9-8-5-1-3-7(11-8)4-2-6-10/h1-5H,6,10H2/b4-2+. The van der Waals surface area contributed by atoms with E-state index in [1.165, 1.54) is 0 Å². The fraction of sp³-hybridized carbons (Fsp3) is 0.125. The Labute approximate surface area is 74.3 Å². The quantitative estimate of drug-likeness (QED) is 0.761. The Morgan fingerprint density at radius 2 is 2.36 bits per heavy atom. The summed E-state index contributed by atoms with van der Waals surface area (Å²) in [7, 11) is 0. The SMILES string of the molecule is NC/C=C/c1cccc(Br)n1. The van der Waals surface area contributed by atoms with E-state index < -0.39 is 0 Å². The Morgan fingerprint density at radius 1 is 1.55 bits per heavy atom. The molecule has 0 aliphatic carbocycles. The van der Waals surface area contributed by atoms with Gasteiger partial charge in [-0.15, -0.1) is 0 Å². The Morgan fingerprint density at radius 3 is 3.00 bits per heavy atom. The number of hydrogen-bond donors (Lipinski definition) is 1. The van der Waals surface area contributed by atoms with Crippen LogP contribution in [-0.2, 0) is 0 Å². The van der Waals surface area contributed by atoms with Gasteiger partial charge in [0.2, 0.25) is 0 Å². The van der Waals surface area contributed by atoms with Crippen molar-refractivity contribution in [3.05, 3.63) is 34.6 Å². The maximum Gasteiger partial charge on any atom is 0.106 e. The summed E-state index contributed by atoms with van der Waals surface area (Å²) in [6.45, 7) is 0.550. The first-order chi connectivity index (χ1) is 5.33. The van der Waals surface area contributed by atoms with Crippen LogP contribution in [-0.4, -0.2) is 11.5 Å². The molecule has 3 heteroatoms. The third-order valence-electron chi connectivity index (χ3n) is 1.16. The monoisotopic (exact) mass is 212 g/mol. The van der Waals surface area contributed by atoms with Gasteiger partial charge in [0, 0.05) is 6.54 Å². The van der Waals surface area contributed by atoms with E-state index in [0.717, 1.165) is 10.3 Å². The van der Waals surface area contributed by atoms with E-state index in [9.17, 15) is 0 Å². The van der Waals surface area contributed by atoms with Gasteiger partial charge in [-0.2, -0.15) is 0 Å². The molecule has 2 N–H and O–H groups in total. The summed E-state index contributed by atoms with van der Waals surface area (Å²) >= 11 is 3.28. The minimum Gasteiger partial charge on any atom is -0.327 e. The van der Waals surface area contributed by atoms with Crippen LogP contribution < -0.4 is 5.73 Å². The molecule has 1 aromatic heterocycles. The van der Waals surface area contributed by atoms with Gasteiger partial charge < -0.3 is 5.73 Å². The van der Waals surface area contributed by atoms with Gasteiger partial charge in [-0.1, -0.05) is 12.1 Å². The van der Waals surface area contributed by atoms with Crippen molar-refractivity contribution in [2.75, 3.05) is 6.54 Å². The zero-order chi connectivity index (χ0) is 8.10. The van der Waals surface area contributed by atoms with Crippen molar-refractivity contribution in [1.82, 2.24) is 4.98 Å². The maximum atomic E-state index is 5.29. The summed E-state index contributed by atoms with van der Waals surface area (Å²) in [5.41, 5.74) is 6.21. The summed E-state index contributed by atoms with van der Waals surface area (Å²) in [6, 6.07) is 5.75. The highest BCUT2D eigenvalue weighted by atomic mass is 79.9. The minimum absolute atomic E-state index is 0.550. The van der Waals surface area contributed by atoms with Crippen LogP contribution in [0.2, 0.25) is 0 Å². The Hall–Kier alpha value is -0.670. The molecule has 0 aliphatic heterocycles. The number of aromatic nitrogens is 1. The predicted molar refractivity (Wildman–Crippen MR) is 50.0 cm³/mol. The molecule has 58 valence electrons. The molecule has 0 amide bonds. The number of halogens is 1. The fourth-order valence-electron chi connectivity index (χ4n) is 0.706. The molecule has 0 aliphatic rings. The van der Waals surface area contributed by atoms with E-state index in [0.29, 0.717) is 6.54 Å². The lowest BCUT2D eigenvalue weighted by Crippen LogP contribution is -1.92. The summed E-state index contributed by atoms with van der Waals surface area (Å²) in [5, 5.41) is 0. The zero-order valence-corrected chi connectivity index (χ0v) is 7.58.